The zero-order valence-electron chi connectivity index (χ0n) is 6.55. The Balaban J connectivity index is 3.00. The molecule has 0 amide bonds. The van der Waals surface area contributed by atoms with Crippen LogP contribution < -0.4 is 10.5 Å². The highest BCUT2D eigenvalue weighted by molar-refractivity contribution is 9.11. The molecule has 1 rings (SSSR count). The van der Waals surface area contributed by atoms with Crippen molar-refractivity contribution in [1.29, 1.82) is 5.26 Å². The van der Waals surface area contributed by atoms with Crippen LogP contribution in [0.5, 0.6) is 5.75 Å². The van der Waals surface area contributed by atoms with Crippen LogP contribution in [-0.4, -0.2) is 6.61 Å². The Morgan fingerprint density at radius 3 is 2.38 bits per heavy atom. The summed E-state index contributed by atoms with van der Waals surface area (Å²) >= 11 is 6.57. The molecule has 0 saturated heterocycles. The second-order valence-corrected chi connectivity index (χ2v) is 3.97. The number of hydrogen-bond acceptors (Lipinski definition) is 3. The van der Waals surface area contributed by atoms with Crippen molar-refractivity contribution < 1.29 is 4.74 Å². The van der Waals surface area contributed by atoms with Crippen LogP contribution in [0, 0.1) is 11.3 Å². The number of rotatable bonds is 2. The molecule has 3 nitrogen and oxygen atoms in total. The summed E-state index contributed by atoms with van der Waals surface area (Å²) in [6.07, 6.45) is 0. The first-order chi connectivity index (χ1) is 6.15. The van der Waals surface area contributed by atoms with Gasteiger partial charge >= 0.3 is 0 Å². The maximum Gasteiger partial charge on any atom is 0.174 e. The van der Waals surface area contributed by atoms with Crippen LogP contribution in [-0.2, 0) is 0 Å². The van der Waals surface area contributed by atoms with Gasteiger partial charge in [0, 0.05) is 5.69 Å². The number of anilines is 1. The average molecular weight is 306 g/mol. The summed E-state index contributed by atoms with van der Waals surface area (Å²) in [6.45, 7) is 0.0150. The Kier molecular flexibility index (Phi) is 3.58. The minimum absolute atomic E-state index is 0.0150. The number of nitrogens with two attached hydrogens (primary N) is 1. The molecule has 0 aromatic heterocycles. The first-order valence-corrected chi connectivity index (χ1v) is 4.98. The number of halogens is 2. The van der Waals surface area contributed by atoms with E-state index < -0.39 is 0 Å². The van der Waals surface area contributed by atoms with Gasteiger partial charge in [-0.3, -0.25) is 0 Å². The van der Waals surface area contributed by atoms with Gasteiger partial charge in [0.05, 0.1) is 8.95 Å². The van der Waals surface area contributed by atoms with Crippen molar-refractivity contribution >= 4 is 37.5 Å². The molecule has 1 aromatic rings. The Labute approximate surface area is 92.7 Å². The molecule has 0 bridgehead atoms. The molecule has 0 radical (unpaired) electrons. The van der Waals surface area contributed by atoms with Crippen molar-refractivity contribution in [2.75, 3.05) is 12.3 Å². The van der Waals surface area contributed by atoms with Crippen LogP contribution >= 0.6 is 31.9 Å². The van der Waals surface area contributed by atoms with Crippen LogP contribution in [0.1, 0.15) is 0 Å². The van der Waals surface area contributed by atoms with E-state index >= 15 is 0 Å². The molecule has 2 N–H and O–H groups in total. The number of nitriles is 1. The lowest BCUT2D eigenvalue weighted by Crippen LogP contribution is -1.96. The predicted molar refractivity (Wildman–Crippen MR) is 57.4 cm³/mol. The van der Waals surface area contributed by atoms with Gasteiger partial charge in [-0.25, -0.2) is 0 Å². The quantitative estimate of drug-likeness (QED) is 0.855. The largest absolute Gasteiger partial charge is 0.476 e. The summed E-state index contributed by atoms with van der Waals surface area (Å²) in [4.78, 5) is 0. The van der Waals surface area contributed by atoms with Crippen molar-refractivity contribution in [3.63, 3.8) is 0 Å². The van der Waals surface area contributed by atoms with E-state index in [4.69, 9.17) is 15.7 Å². The minimum Gasteiger partial charge on any atom is -0.476 e. The van der Waals surface area contributed by atoms with Gasteiger partial charge in [-0.1, -0.05) is 0 Å². The van der Waals surface area contributed by atoms with Gasteiger partial charge in [0.25, 0.3) is 0 Å². The maximum absolute atomic E-state index is 8.33. The number of nitrogen functional groups attached to an aromatic ring is 1. The van der Waals surface area contributed by atoms with Gasteiger partial charge in [0.2, 0.25) is 0 Å². The van der Waals surface area contributed by atoms with Crippen molar-refractivity contribution in [3.8, 4) is 11.8 Å². The molecular formula is C8H6Br2N2O. The fourth-order valence-electron chi connectivity index (χ4n) is 0.822. The second kappa shape index (κ2) is 4.49. The van der Waals surface area contributed by atoms with E-state index in [-0.39, 0.29) is 6.61 Å². The van der Waals surface area contributed by atoms with E-state index in [2.05, 4.69) is 31.9 Å². The highest BCUT2D eigenvalue weighted by atomic mass is 79.9. The third-order valence-corrected chi connectivity index (χ3v) is 2.48. The lowest BCUT2D eigenvalue weighted by molar-refractivity contribution is 0.363. The average Bonchev–Trinajstić information content (AvgIpc) is 2.02. The SMILES string of the molecule is N#CCOc1c(Br)cc(N)cc1Br. The smallest absolute Gasteiger partial charge is 0.174 e. The highest BCUT2D eigenvalue weighted by Gasteiger charge is 2.07. The van der Waals surface area contributed by atoms with Crippen LogP contribution in [0.15, 0.2) is 21.1 Å². The van der Waals surface area contributed by atoms with Crippen molar-refractivity contribution in [3.05, 3.63) is 21.1 Å². The van der Waals surface area contributed by atoms with Crippen molar-refractivity contribution in [2.45, 2.75) is 0 Å². The molecule has 5 heteroatoms. The van der Waals surface area contributed by atoms with Gasteiger partial charge in [-0.15, -0.1) is 0 Å². The fourth-order valence-corrected chi connectivity index (χ4v) is 2.27. The minimum atomic E-state index is 0.0150. The van der Waals surface area contributed by atoms with Crippen LogP contribution in [0.3, 0.4) is 0 Å². The van der Waals surface area contributed by atoms with Crippen molar-refractivity contribution in [1.82, 2.24) is 0 Å². The van der Waals surface area contributed by atoms with Crippen LogP contribution in [0.2, 0.25) is 0 Å². The number of nitrogens with zero attached hydrogens (tertiary/aromatic N) is 1. The molecule has 0 unspecified atom stereocenters. The highest BCUT2D eigenvalue weighted by Crippen LogP contribution is 2.35. The van der Waals surface area contributed by atoms with Gasteiger partial charge in [-0.05, 0) is 44.0 Å². The molecule has 68 valence electrons. The topological polar surface area (TPSA) is 59.0 Å². The van der Waals surface area contributed by atoms with Gasteiger partial charge < -0.3 is 10.5 Å². The molecule has 0 heterocycles. The molecule has 0 aliphatic carbocycles. The lowest BCUT2D eigenvalue weighted by Gasteiger charge is -2.07. The molecule has 0 fully saturated rings. The molecule has 0 aliphatic heterocycles. The predicted octanol–water partition coefficient (Wildman–Crippen LogP) is 2.70. The number of hydrogen-bond donors (Lipinski definition) is 1. The summed E-state index contributed by atoms with van der Waals surface area (Å²) < 4.78 is 6.62. The van der Waals surface area contributed by atoms with E-state index in [9.17, 15) is 0 Å². The van der Waals surface area contributed by atoms with Gasteiger partial charge in [-0.2, -0.15) is 5.26 Å². The van der Waals surface area contributed by atoms with Crippen LogP contribution in [0.4, 0.5) is 5.69 Å². The monoisotopic (exact) mass is 304 g/mol. The molecular weight excluding hydrogens is 300 g/mol. The Morgan fingerprint density at radius 1 is 1.38 bits per heavy atom. The van der Waals surface area contributed by atoms with Crippen molar-refractivity contribution in [2.24, 2.45) is 0 Å². The molecule has 0 aliphatic rings. The molecule has 0 saturated carbocycles. The summed E-state index contributed by atoms with van der Waals surface area (Å²) in [5.74, 6) is 0.593. The maximum atomic E-state index is 8.33. The van der Waals surface area contributed by atoms with E-state index in [1.807, 2.05) is 6.07 Å². The zero-order chi connectivity index (χ0) is 9.84. The summed E-state index contributed by atoms with van der Waals surface area (Å²) in [6, 6.07) is 5.33. The van der Waals surface area contributed by atoms with Gasteiger partial charge in [0.1, 0.15) is 11.8 Å². The fraction of sp³-hybridized carbons (Fsp3) is 0.125. The zero-order valence-corrected chi connectivity index (χ0v) is 9.72. The Hall–Kier alpha value is -0.730. The lowest BCUT2D eigenvalue weighted by atomic mass is 10.3. The van der Waals surface area contributed by atoms with Crippen LogP contribution in [0.25, 0.3) is 0 Å². The third-order valence-electron chi connectivity index (χ3n) is 1.30. The van der Waals surface area contributed by atoms with E-state index in [0.29, 0.717) is 11.4 Å². The molecule has 0 spiro atoms. The molecule has 1 aromatic carbocycles. The number of ether oxygens (including phenoxy) is 1. The summed E-state index contributed by atoms with van der Waals surface area (Å²) in [7, 11) is 0. The summed E-state index contributed by atoms with van der Waals surface area (Å²) in [5, 5.41) is 8.33. The summed E-state index contributed by atoms with van der Waals surface area (Å²) in [5.41, 5.74) is 6.20. The Morgan fingerprint density at radius 2 is 1.92 bits per heavy atom. The number of benzene rings is 1. The normalized spacial score (nSPS) is 9.31. The Bertz CT molecular complexity index is 337. The first kappa shape index (κ1) is 10.4. The third kappa shape index (κ3) is 2.61. The molecule has 0 atom stereocenters. The van der Waals surface area contributed by atoms with E-state index in [1.54, 1.807) is 12.1 Å². The standard InChI is InChI=1S/C8H6Br2N2O/c9-6-3-5(12)4-7(10)8(6)13-2-1-11/h3-4H,2,12H2. The van der Waals surface area contributed by atoms with E-state index in [1.165, 1.54) is 0 Å². The van der Waals surface area contributed by atoms with E-state index in [0.717, 1.165) is 8.95 Å². The molecule has 13 heavy (non-hydrogen) atoms. The second-order valence-electron chi connectivity index (χ2n) is 2.26. The van der Waals surface area contributed by atoms with Gasteiger partial charge in [0.15, 0.2) is 6.61 Å². The first-order valence-electron chi connectivity index (χ1n) is 3.39.